The van der Waals surface area contributed by atoms with Gasteiger partial charge in [0.2, 0.25) is 5.88 Å². The van der Waals surface area contributed by atoms with Crippen LogP contribution in [0.5, 0.6) is 11.6 Å². The van der Waals surface area contributed by atoms with Crippen LogP contribution in [0.2, 0.25) is 0 Å². The van der Waals surface area contributed by atoms with E-state index < -0.39 is 6.23 Å². The molecule has 1 unspecified atom stereocenters. The van der Waals surface area contributed by atoms with E-state index >= 15 is 0 Å². The molecule has 0 spiro atoms. The fraction of sp³-hybridized carbons (Fsp3) is 0.429. The van der Waals surface area contributed by atoms with Crippen molar-refractivity contribution in [2.75, 3.05) is 13.1 Å². The number of benzene rings is 1. The summed E-state index contributed by atoms with van der Waals surface area (Å²) in [6.07, 6.45) is 5.43. The third kappa shape index (κ3) is 3.88. The Morgan fingerprint density at radius 1 is 1.19 bits per heavy atom. The Bertz CT molecular complexity index is 833. The van der Waals surface area contributed by atoms with Gasteiger partial charge in [-0.3, -0.25) is 9.69 Å². The molecule has 0 saturated heterocycles. The lowest BCUT2D eigenvalue weighted by Gasteiger charge is -2.36. The van der Waals surface area contributed by atoms with Crippen LogP contribution in [0.15, 0.2) is 30.3 Å². The van der Waals surface area contributed by atoms with Gasteiger partial charge in [-0.25, -0.2) is 4.98 Å². The van der Waals surface area contributed by atoms with Gasteiger partial charge in [0.15, 0.2) is 6.29 Å². The van der Waals surface area contributed by atoms with Gasteiger partial charge in [-0.15, -0.1) is 0 Å². The summed E-state index contributed by atoms with van der Waals surface area (Å²) >= 11 is 0. The van der Waals surface area contributed by atoms with Crippen molar-refractivity contribution in [2.45, 2.75) is 44.4 Å². The zero-order valence-electron chi connectivity index (χ0n) is 15.3. The van der Waals surface area contributed by atoms with Crippen molar-refractivity contribution < 1.29 is 14.6 Å². The number of aliphatic hydroxyl groups is 1. The van der Waals surface area contributed by atoms with E-state index in [-0.39, 0.29) is 11.3 Å². The number of hydrogen-bond acceptors (Lipinski definition) is 6. The molecule has 1 fully saturated rings. The molecule has 1 aromatic carbocycles. The first kappa shape index (κ1) is 18.1. The van der Waals surface area contributed by atoms with E-state index in [4.69, 9.17) is 10.5 Å². The fourth-order valence-electron chi connectivity index (χ4n) is 3.88. The van der Waals surface area contributed by atoms with Gasteiger partial charge in [-0.1, -0.05) is 12.5 Å². The van der Waals surface area contributed by atoms with E-state index in [1.165, 1.54) is 30.4 Å². The number of nitrogens with two attached hydrogens (primary N) is 1. The highest BCUT2D eigenvalue weighted by molar-refractivity contribution is 5.76. The molecule has 1 saturated carbocycles. The van der Waals surface area contributed by atoms with Gasteiger partial charge >= 0.3 is 0 Å². The number of fused-ring (bicyclic) bond motifs is 1. The Morgan fingerprint density at radius 2 is 1.96 bits per heavy atom. The first-order valence-electron chi connectivity index (χ1n) is 9.57. The maximum atomic E-state index is 11.0. The van der Waals surface area contributed by atoms with Gasteiger partial charge < -0.3 is 15.6 Å². The maximum Gasteiger partial charge on any atom is 0.219 e. The molecule has 0 bridgehead atoms. The van der Waals surface area contributed by atoms with Crippen LogP contribution in [-0.2, 0) is 12.8 Å². The summed E-state index contributed by atoms with van der Waals surface area (Å²) in [6, 6.07) is 10.1. The molecule has 27 heavy (non-hydrogen) atoms. The minimum Gasteiger partial charge on any atom is -0.439 e. The monoisotopic (exact) mass is 367 g/mol. The number of hydrogen-bond donors (Lipinski definition) is 2. The molecule has 0 radical (unpaired) electrons. The highest BCUT2D eigenvalue weighted by atomic mass is 16.5. The van der Waals surface area contributed by atoms with Crippen molar-refractivity contribution in [1.29, 1.82) is 0 Å². The highest BCUT2D eigenvalue weighted by Gasteiger charge is 2.26. The molecule has 3 N–H and O–H groups in total. The molecule has 1 aliphatic heterocycles. The maximum absolute atomic E-state index is 11.0. The van der Waals surface area contributed by atoms with Crippen molar-refractivity contribution in [1.82, 2.24) is 9.88 Å². The second kappa shape index (κ2) is 7.76. The van der Waals surface area contributed by atoms with Crippen LogP contribution >= 0.6 is 0 Å². The molecule has 2 aromatic rings. The molecule has 4 rings (SSSR count). The fourth-order valence-corrected chi connectivity index (χ4v) is 3.88. The molecule has 1 aromatic heterocycles. The third-order valence-corrected chi connectivity index (χ3v) is 5.67. The topological polar surface area (TPSA) is 88.7 Å². The molecule has 6 nitrogen and oxygen atoms in total. The summed E-state index contributed by atoms with van der Waals surface area (Å²) in [5.41, 5.74) is 8.57. The molecule has 142 valence electrons. The van der Waals surface area contributed by atoms with Crippen LogP contribution in [0.4, 0.5) is 0 Å². The lowest BCUT2D eigenvalue weighted by Crippen LogP contribution is -2.41. The van der Waals surface area contributed by atoms with Crippen molar-refractivity contribution in [3.8, 4) is 11.6 Å². The molecule has 1 aliphatic carbocycles. The lowest BCUT2D eigenvalue weighted by molar-refractivity contribution is 0.111. The summed E-state index contributed by atoms with van der Waals surface area (Å²) in [6.45, 7) is 2.22. The quantitative estimate of drug-likeness (QED) is 0.624. The van der Waals surface area contributed by atoms with Crippen LogP contribution < -0.4 is 10.5 Å². The number of aldehydes is 1. The first-order valence-corrected chi connectivity index (χ1v) is 9.57. The van der Waals surface area contributed by atoms with Gasteiger partial charge in [0, 0.05) is 30.8 Å². The number of nitrogens with zero attached hydrogens (tertiary/aromatic N) is 2. The summed E-state index contributed by atoms with van der Waals surface area (Å²) in [5, 5.41) is 9.61. The number of ether oxygens (including phenoxy) is 1. The lowest BCUT2D eigenvalue weighted by atomic mass is 9.91. The second-order valence-electron chi connectivity index (χ2n) is 7.34. The van der Waals surface area contributed by atoms with Gasteiger partial charge in [-0.05, 0) is 55.0 Å². The van der Waals surface area contributed by atoms with Crippen molar-refractivity contribution in [2.24, 2.45) is 5.73 Å². The minimum absolute atomic E-state index is 0.119. The first-order chi connectivity index (χ1) is 13.1. The summed E-state index contributed by atoms with van der Waals surface area (Å²) in [4.78, 5) is 17.9. The predicted octanol–water partition coefficient (Wildman–Crippen LogP) is 2.59. The summed E-state index contributed by atoms with van der Waals surface area (Å²) in [5.74, 6) is 1.01. The van der Waals surface area contributed by atoms with Crippen LogP contribution in [0.25, 0.3) is 0 Å². The number of carbonyl (C=O) groups excluding carboxylic acids is 1. The Hall–Kier alpha value is -2.28. The number of pyridine rings is 1. The molecule has 2 heterocycles. The van der Waals surface area contributed by atoms with Crippen LogP contribution in [0, 0.1) is 0 Å². The van der Waals surface area contributed by atoms with E-state index in [0.717, 1.165) is 32.0 Å². The Labute approximate surface area is 159 Å². The van der Waals surface area contributed by atoms with Crippen molar-refractivity contribution in [3.05, 3.63) is 52.7 Å². The SMILES string of the molecule is NC(O)c1nc(Oc2ccc3c(c2)CCN(C2CCC2)CC3)ccc1C=O. The highest BCUT2D eigenvalue weighted by Crippen LogP contribution is 2.30. The number of aliphatic hydroxyl groups excluding tert-OH is 1. The Morgan fingerprint density at radius 3 is 2.63 bits per heavy atom. The van der Waals surface area contributed by atoms with E-state index in [2.05, 4.69) is 22.0 Å². The van der Waals surface area contributed by atoms with E-state index in [1.54, 1.807) is 12.1 Å². The predicted molar refractivity (Wildman–Crippen MR) is 102 cm³/mol. The molecular formula is C21H25N3O3. The minimum atomic E-state index is -1.32. The molecule has 1 atom stereocenters. The smallest absolute Gasteiger partial charge is 0.219 e. The number of aromatic nitrogens is 1. The Balaban J connectivity index is 1.50. The standard InChI is InChI=1S/C21H25N3O3/c22-21(26)20-16(13-25)5-7-19(23-20)27-18-6-4-14-8-10-24(17-2-1-3-17)11-9-15(14)12-18/h4-7,12-13,17,21,26H,1-3,8-11,22H2. The second-order valence-corrected chi connectivity index (χ2v) is 7.34. The van der Waals surface area contributed by atoms with Gasteiger partial charge in [0.25, 0.3) is 0 Å². The summed E-state index contributed by atoms with van der Waals surface area (Å²) in [7, 11) is 0. The van der Waals surface area contributed by atoms with Gasteiger partial charge in [0.1, 0.15) is 12.0 Å². The molecular weight excluding hydrogens is 342 g/mol. The van der Waals surface area contributed by atoms with Crippen LogP contribution in [0.3, 0.4) is 0 Å². The van der Waals surface area contributed by atoms with E-state index in [9.17, 15) is 9.90 Å². The normalized spacial score (nSPS) is 18.9. The summed E-state index contributed by atoms with van der Waals surface area (Å²) < 4.78 is 5.87. The van der Waals surface area contributed by atoms with Crippen molar-refractivity contribution >= 4 is 6.29 Å². The van der Waals surface area contributed by atoms with E-state index in [1.807, 2.05) is 6.07 Å². The van der Waals surface area contributed by atoms with Crippen molar-refractivity contribution in [3.63, 3.8) is 0 Å². The molecule has 0 amide bonds. The third-order valence-electron chi connectivity index (χ3n) is 5.67. The molecule has 6 heteroatoms. The Kier molecular flexibility index (Phi) is 5.20. The van der Waals surface area contributed by atoms with Gasteiger partial charge in [-0.2, -0.15) is 0 Å². The van der Waals surface area contributed by atoms with Crippen LogP contribution in [0.1, 0.15) is 52.7 Å². The number of carbonyl (C=O) groups is 1. The average Bonchev–Trinajstić information content (AvgIpc) is 2.83. The zero-order chi connectivity index (χ0) is 18.8. The van der Waals surface area contributed by atoms with Gasteiger partial charge in [0.05, 0.1) is 5.69 Å². The van der Waals surface area contributed by atoms with Crippen LogP contribution in [-0.4, -0.2) is 40.4 Å². The zero-order valence-corrected chi connectivity index (χ0v) is 15.3. The molecule has 2 aliphatic rings. The average molecular weight is 367 g/mol. The van der Waals surface area contributed by atoms with E-state index in [0.29, 0.717) is 17.9 Å². The number of rotatable bonds is 5. The largest absolute Gasteiger partial charge is 0.439 e.